The fraction of sp³-hybridized carbons (Fsp3) is 0.190. The fourth-order valence-electron chi connectivity index (χ4n) is 2.77. The molecule has 128 valence electrons. The summed E-state index contributed by atoms with van der Waals surface area (Å²) in [5, 5.41) is 5.11. The summed E-state index contributed by atoms with van der Waals surface area (Å²) in [6.45, 7) is 2.95. The van der Waals surface area contributed by atoms with Gasteiger partial charge in [0.15, 0.2) is 0 Å². The second kappa shape index (κ2) is 7.81. The maximum Gasteiger partial charge on any atom is 0.255 e. The Bertz CT molecular complexity index is 884. The second-order valence-corrected chi connectivity index (χ2v) is 5.64. The Morgan fingerprint density at radius 1 is 1.04 bits per heavy atom. The third kappa shape index (κ3) is 3.80. The lowest BCUT2D eigenvalue weighted by molar-refractivity contribution is 0.102. The lowest BCUT2D eigenvalue weighted by Gasteiger charge is -2.12. The van der Waals surface area contributed by atoms with E-state index in [-0.39, 0.29) is 5.91 Å². The number of fused-ring (bicyclic) bond motifs is 1. The molecule has 0 aliphatic rings. The molecule has 0 fully saturated rings. The van der Waals surface area contributed by atoms with E-state index in [1.165, 1.54) is 0 Å². The topological polar surface area (TPSA) is 47.6 Å². The molecule has 0 saturated carbocycles. The van der Waals surface area contributed by atoms with Crippen molar-refractivity contribution in [2.75, 3.05) is 19.0 Å². The lowest BCUT2D eigenvalue weighted by Crippen LogP contribution is -2.13. The molecule has 0 aromatic heterocycles. The fourth-order valence-corrected chi connectivity index (χ4v) is 2.77. The molecule has 0 radical (unpaired) electrons. The van der Waals surface area contributed by atoms with Gasteiger partial charge in [-0.15, -0.1) is 0 Å². The molecular formula is C21H21NO3. The van der Waals surface area contributed by atoms with Crippen molar-refractivity contribution in [3.8, 4) is 5.75 Å². The van der Waals surface area contributed by atoms with Crippen LogP contribution in [0.3, 0.4) is 0 Å². The number of nitrogens with one attached hydrogen (secondary N) is 1. The highest BCUT2D eigenvalue weighted by molar-refractivity contribution is 6.09. The Hall–Kier alpha value is -2.85. The maximum atomic E-state index is 12.7. The number of amides is 1. The van der Waals surface area contributed by atoms with Gasteiger partial charge in [0.1, 0.15) is 5.75 Å². The van der Waals surface area contributed by atoms with Crippen LogP contribution in [0.1, 0.15) is 22.8 Å². The van der Waals surface area contributed by atoms with Crippen molar-refractivity contribution in [2.24, 2.45) is 0 Å². The molecule has 0 spiro atoms. The van der Waals surface area contributed by atoms with Gasteiger partial charge in [0.25, 0.3) is 5.91 Å². The Morgan fingerprint density at radius 2 is 1.84 bits per heavy atom. The molecule has 0 bridgehead atoms. The van der Waals surface area contributed by atoms with Crippen molar-refractivity contribution >= 4 is 22.4 Å². The standard InChI is InChI=1S/C21H21NO3/c1-3-25-14-17-13-16(11-12-20(17)24-2)21(23)22-19-10-6-8-15-7-4-5-9-18(15)19/h4-13H,3,14H2,1-2H3,(H,22,23). The van der Waals surface area contributed by atoms with E-state index in [0.717, 1.165) is 27.8 Å². The van der Waals surface area contributed by atoms with Crippen LogP contribution in [0.5, 0.6) is 5.75 Å². The number of carbonyl (C=O) groups is 1. The van der Waals surface area contributed by atoms with E-state index in [0.29, 0.717) is 18.8 Å². The van der Waals surface area contributed by atoms with Crippen LogP contribution in [0.2, 0.25) is 0 Å². The van der Waals surface area contributed by atoms with E-state index >= 15 is 0 Å². The molecule has 0 heterocycles. The molecule has 25 heavy (non-hydrogen) atoms. The lowest BCUT2D eigenvalue weighted by atomic mass is 10.1. The minimum atomic E-state index is -0.156. The van der Waals surface area contributed by atoms with Crippen molar-refractivity contribution < 1.29 is 14.3 Å². The third-order valence-electron chi connectivity index (χ3n) is 4.04. The van der Waals surface area contributed by atoms with E-state index < -0.39 is 0 Å². The van der Waals surface area contributed by atoms with E-state index in [1.54, 1.807) is 19.2 Å². The average molecular weight is 335 g/mol. The number of carbonyl (C=O) groups excluding carboxylic acids is 1. The van der Waals surface area contributed by atoms with Gasteiger partial charge in [0.2, 0.25) is 0 Å². The van der Waals surface area contributed by atoms with Crippen molar-refractivity contribution in [1.82, 2.24) is 0 Å². The van der Waals surface area contributed by atoms with Gasteiger partial charge in [0.05, 0.1) is 13.7 Å². The zero-order valence-corrected chi connectivity index (χ0v) is 14.4. The quantitative estimate of drug-likeness (QED) is 0.714. The third-order valence-corrected chi connectivity index (χ3v) is 4.04. The number of methoxy groups -OCH3 is 1. The molecule has 4 nitrogen and oxygen atoms in total. The summed E-state index contributed by atoms with van der Waals surface area (Å²) in [6.07, 6.45) is 0. The van der Waals surface area contributed by atoms with Crippen LogP contribution in [0.4, 0.5) is 5.69 Å². The van der Waals surface area contributed by atoms with Gasteiger partial charge in [-0.25, -0.2) is 0 Å². The number of rotatable bonds is 6. The van der Waals surface area contributed by atoms with Crippen molar-refractivity contribution in [2.45, 2.75) is 13.5 Å². The van der Waals surface area contributed by atoms with Gasteiger partial charge in [0, 0.05) is 28.8 Å². The van der Waals surface area contributed by atoms with Crippen LogP contribution >= 0.6 is 0 Å². The number of hydrogen-bond acceptors (Lipinski definition) is 3. The average Bonchev–Trinajstić information content (AvgIpc) is 2.66. The monoisotopic (exact) mass is 335 g/mol. The summed E-state index contributed by atoms with van der Waals surface area (Å²) < 4.78 is 10.8. The van der Waals surface area contributed by atoms with Gasteiger partial charge in [-0.05, 0) is 36.6 Å². The van der Waals surface area contributed by atoms with Crippen LogP contribution in [0.15, 0.2) is 60.7 Å². The van der Waals surface area contributed by atoms with Crippen molar-refractivity contribution in [1.29, 1.82) is 0 Å². The van der Waals surface area contributed by atoms with E-state index in [9.17, 15) is 4.79 Å². The predicted molar refractivity (Wildman–Crippen MR) is 100 cm³/mol. The predicted octanol–water partition coefficient (Wildman–Crippen LogP) is 4.64. The van der Waals surface area contributed by atoms with Crippen molar-refractivity contribution in [3.05, 3.63) is 71.8 Å². The SMILES string of the molecule is CCOCc1cc(C(=O)Nc2cccc3ccccc23)ccc1OC. The molecule has 3 aromatic rings. The molecule has 0 saturated heterocycles. The molecule has 0 aliphatic carbocycles. The minimum Gasteiger partial charge on any atom is -0.496 e. The highest BCUT2D eigenvalue weighted by Gasteiger charge is 2.12. The summed E-state index contributed by atoms with van der Waals surface area (Å²) >= 11 is 0. The first-order valence-corrected chi connectivity index (χ1v) is 8.26. The Morgan fingerprint density at radius 3 is 2.64 bits per heavy atom. The largest absolute Gasteiger partial charge is 0.496 e. The Kier molecular flexibility index (Phi) is 5.31. The van der Waals surface area contributed by atoms with Crippen LogP contribution in [-0.2, 0) is 11.3 Å². The van der Waals surface area contributed by atoms with Crippen molar-refractivity contribution in [3.63, 3.8) is 0 Å². The van der Waals surface area contributed by atoms with Gasteiger partial charge in [-0.1, -0.05) is 36.4 Å². The zero-order chi connectivity index (χ0) is 17.6. The highest BCUT2D eigenvalue weighted by Crippen LogP contribution is 2.25. The van der Waals surface area contributed by atoms with Gasteiger partial charge >= 0.3 is 0 Å². The molecular weight excluding hydrogens is 314 g/mol. The molecule has 0 aliphatic heterocycles. The minimum absolute atomic E-state index is 0.156. The van der Waals surface area contributed by atoms with Gasteiger partial charge in [-0.3, -0.25) is 4.79 Å². The first kappa shape index (κ1) is 17.0. The highest BCUT2D eigenvalue weighted by atomic mass is 16.5. The molecule has 0 unspecified atom stereocenters. The second-order valence-electron chi connectivity index (χ2n) is 5.64. The Balaban J connectivity index is 1.87. The van der Waals surface area contributed by atoms with Gasteiger partial charge in [-0.2, -0.15) is 0 Å². The number of hydrogen-bond donors (Lipinski definition) is 1. The Labute approximate surface area is 147 Å². The molecule has 3 aromatic carbocycles. The molecule has 0 atom stereocenters. The first-order valence-electron chi connectivity index (χ1n) is 8.26. The number of anilines is 1. The molecule has 1 amide bonds. The maximum absolute atomic E-state index is 12.7. The zero-order valence-electron chi connectivity index (χ0n) is 14.4. The van der Waals surface area contributed by atoms with E-state index in [1.807, 2.05) is 55.5 Å². The van der Waals surface area contributed by atoms with Crippen LogP contribution in [0.25, 0.3) is 10.8 Å². The molecule has 1 N–H and O–H groups in total. The van der Waals surface area contributed by atoms with Crippen LogP contribution in [-0.4, -0.2) is 19.6 Å². The number of ether oxygens (including phenoxy) is 2. The van der Waals surface area contributed by atoms with Gasteiger partial charge < -0.3 is 14.8 Å². The number of benzene rings is 3. The summed E-state index contributed by atoms with van der Waals surface area (Å²) in [6, 6.07) is 19.2. The normalized spacial score (nSPS) is 10.6. The molecule has 3 rings (SSSR count). The van der Waals surface area contributed by atoms with E-state index in [2.05, 4.69) is 5.32 Å². The summed E-state index contributed by atoms with van der Waals surface area (Å²) in [5.41, 5.74) is 2.23. The summed E-state index contributed by atoms with van der Waals surface area (Å²) in [5.74, 6) is 0.562. The van der Waals surface area contributed by atoms with Crippen LogP contribution in [0, 0.1) is 0 Å². The summed E-state index contributed by atoms with van der Waals surface area (Å²) in [7, 11) is 1.61. The summed E-state index contributed by atoms with van der Waals surface area (Å²) in [4.78, 5) is 12.7. The molecule has 4 heteroatoms. The van der Waals surface area contributed by atoms with E-state index in [4.69, 9.17) is 9.47 Å². The van der Waals surface area contributed by atoms with Crippen LogP contribution < -0.4 is 10.1 Å². The smallest absolute Gasteiger partial charge is 0.255 e. The first-order chi connectivity index (χ1) is 12.2.